The number of hydrogen-bond acceptors (Lipinski definition) is 3. The molecule has 1 unspecified atom stereocenters. The number of alkyl halides is 2. The third-order valence-corrected chi connectivity index (χ3v) is 2.65. The molecule has 3 N–H and O–H groups in total. The van der Waals surface area contributed by atoms with Crippen molar-refractivity contribution in [2.75, 3.05) is 6.54 Å². The fourth-order valence-corrected chi connectivity index (χ4v) is 1.06. The molecule has 7 heteroatoms. The lowest BCUT2D eigenvalue weighted by Crippen LogP contribution is -2.42. The molecular weight excluding hydrogens is 202 g/mol. The maximum absolute atomic E-state index is 11.8. The Morgan fingerprint density at radius 1 is 1.38 bits per heavy atom. The minimum atomic E-state index is -4.49. The van der Waals surface area contributed by atoms with E-state index in [1.54, 1.807) is 18.6 Å². The van der Waals surface area contributed by atoms with Gasteiger partial charge in [-0.1, -0.05) is 13.8 Å². The fourth-order valence-electron chi connectivity index (χ4n) is 0.511. The Kier molecular flexibility index (Phi) is 4.72. The van der Waals surface area contributed by atoms with E-state index < -0.39 is 21.8 Å². The molecule has 0 aliphatic rings. The van der Waals surface area contributed by atoms with Gasteiger partial charge in [-0.2, -0.15) is 8.78 Å². The maximum Gasteiger partial charge on any atom is 0.350 e. The van der Waals surface area contributed by atoms with Gasteiger partial charge in [-0.25, -0.2) is 13.1 Å². The Morgan fingerprint density at radius 2 is 1.85 bits per heavy atom. The van der Waals surface area contributed by atoms with E-state index in [-0.39, 0.29) is 12.5 Å². The zero-order valence-electron chi connectivity index (χ0n) is 7.50. The summed E-state index contributed by atoms with van der Waals surface area (Å²) in [4.78, 5) is 0. The van der Waals surface area contributed by atoms with Gasteiger partial charge in [-0.05, 0) is 5.92 Å². The highest BCUT2D eigenvalue weighted by Gasteiger charge is 2.24. The van der Waals surface area contributed by atoms with Gasteiger partial charge in [-0.15, -0.1) is 0 Å². The lowest BCUT2D eigenvalue weighted by molar-refractivity contribution is 0.232. The van der Waals surface area contributed by atoms with E-state index in [0.717, 1.165) is 0 Å². The predicted octanol–water partition coefficient (Wildman–Crippen LogP) is 0.112. The molecule has 13 heavy (non-hydrogen) atoms. The van der Waals surface area contributed by atoms with Crippen LogP contribution in [0.5, 0.6) is 0 Å². The van der Waals surface area contributed by atoms with E-state index >= 15 is 0 Å². The number of rotatable bonds is 5. The summed E-state index contributed by atoms with van der Waals surface area (Å²) in [6, 6.07) is -0.450. The van der Waals surface area contributed by atoms with Crippen LogP contribution in [0.1, 0.15) is 13.8 Å². The molecule has 0 aromatic carbocycles. The molecule has 0 bridgehead atoms. The maximum atomic E-state index is 11.8. The van der Waals surface area contributed by atoms with Crippen LogP contribution in [0.2, 0.25) is 0 Å². The van der Waals surface area contributed by atoms with Crippen molar-refractivity contribution in [1.82, 2.24) is 4.72 Å². The molecule has 4 nitrogen and oxygen atoms in total. The van der Waals surface area contributed by atoms with Gasteiger partial charge in [0.1, 0.15) is 0 Å². The smallest absolute Gasteiger partial charge is 0.326 e. The van der Waals surface area contributed by atoms with Crippen LogP contribution in [0, 0.1) is 5.92 Å². The van der Waals surface area contributed by atoms with Crippen molar-refractivity contribution in [1.29, 1.82) is 0 Å². The predicted molar refractivity (Wildman–Crippen MR) is 45.7 cm³/mol. The molecule has 0 saturated heterocycles. The molecule has 0 aromatic heterocycles. The highest BCUT2D eigenvalue weighted by molar-refractivity contribution is 7.89. The normalized spacial score (nSPS) is 15.3. The van der Waals surface area contributed by atoms with E-state index in [9.17, 15) is 17.2 Å². The van der Waals surface area contributed by atoms with Crippen LogP contribution in [0.4, 0.5) is 8.78 Å². The van der Waals surface area contributed by atoms with Crippen molar-refractivity contribution in [3.63, 3.8) is 0 Å². The van der Waals surface area contributed by atoms with Crippen molar-refractivity contribution < 1.29 is 17.2 Å². The molecule has 0 aliphatic carbocycles. The average molecular weight is 216 g/mol. The molecule has 80 valence electrons. The van der Waals surface area contributed by atoms with Gasteiger partial charge in [0.25, 0.3) is 10.0 Å². The van der Waals surface area contributed by atoms with Crippen LogP contribution in [-0.2, 0) is 10.0 Å². The second-order valence-electron chi connectivity index (χ2n) is 3.06. The van der Waals surface area contributed by atoms with Gasteiger partial charge in [0.2, 0.25) is 0 Å². The van der Waals surface area contributed by atoms with Crippen molar-refractivity contribution in [2.24, 2.45) is 11.7 Å². The molecule has 0 aromatic rings. The lowest BCUT2D eigenvalue weighted by atomic mass is 10.1. The molecule has 0 saturated carbocycles. The summed E-state index contributed by atoms with van der Waals surface area (Å²) in [5, 5.41) is 0. The summed E-state index contributed by atoms with van der Waals surface area (Å²) in [5.74, 6) is -3.35. The molecule has 0 radical (unpaired) electrons. The standard InChI is InChI=1S/C6H14F2N2O2S/c1-4(2)5(9)3-10-13(11,12)6(7)8/h4-6,10H,3,9H2,1-2H3. The van der Waals surface area contributed by atoms with Gasteiger partial charge < -0.3 is 5.73 Å². The Hall–Kier alpha value is -0.270. The molecule has 1 atom stereocenters. The van der Waals surface area contributed by atoms with Crippen LogP contribution < -0.4 is 10.5 Å². The van der Waals surface area contributed by atoms with E-state index in [4.69, 9.17) is 5.73 Å². The molecular formula is C6H14F2N2O2S. The van der Waals surface area contributed by atoms with Crippen LogP contribution in [0.3, 0.4) is 0 Å². The third kappa shape index (κ3) is 4.49. The SMILES string of the molecule is CC(C)C(N)CNS(=O)(=O)C(F)F. The minimum absolute atomic E-state index is 0.0420. The van der Waals surface area contributed by atoms with Crippen LogP contribution in [0.25, 0.3) is 0 Å². The first kappa shape index (κ1) is 12.7. The Labute approximate surface area is 76.5 Å². The molecule has 0 aliphatic heterocycles. The number of nitrogens with two attached hydrogens (primary N) is 1. The second kappa shape index (κ2) is 4.83. The first-order chi connectivity index (χ1) is 5.77. The number of hydrogen-bond donors (Lipinski definition) is 2. The lowest BCUT2D eigenvalue weighted by Gasteiger charge is -2.15. The summed E-state index contributed by atoms with van der Waals surface area (Å²) in [6.07, 6.45) is 0. The first-order valence-corrected chi connectivity index (χ1v) is 5.34. The summed E-state index contributed by atoms with van der Waals surface area (Å²) >= 11 is 0. The highest BCUT2D eigenvalue weighted by Crippen LogP contribution is 2.03. The van der Waals surface area contributed by atoms with Crippen LogP contribution in [-0.4, -0.2) is 26.8 Å². The van der Waals surface area contributed by atoms with Gasteiger partial charge >= 0.3 is 5.76 Å². The van der Waals surface area contributed by atoms with Crippen molar-refractivity contribution in [3.05, 3.63) is 0 Å². The van der Waals surface area contributed by atoms with Gasteiger partial charge in [0, 0.05) is 12.6 Å². The van der Waals surface area contributed by atoms with E-state index in [1.165, 1.54) is 0 Å². The van der Waals surface area contributed by atoms with E-state index in [0.29, 0.717) is 0 Å². The van der Waals surface area contributed by atoms with E-state index in [1.807, 2.05) is 0 Å². The Balaban J connectivity index is 4.04. The highest BCUT2D eigenvalue weighted by atomic mass is 32.2. The van der Waals surface area contributed by atoms with Gasteiger partial charge in [0.05, 0.1) is 0 Å². The summed E-state index contributed by atoms with van der Waals surface area (Å²) in [6.45, 7) is 3.40. The van der Waals surface area contributed by atoms with Crippen LogP contribution in [0.15, 0.2) is 0 Å². The first-order valence-electron chi connectivity index (χ1n) is 3.79. The molecule has 0 fully saturated rings. The largest absolute Gasteiger partial charge is 0.350 e. The number of halogens is 2. The Morgan fingerprint density at radius 3 is 2.15 bits per heavy atom. The van der Waals surface area contributed by atoms with Gasteiger partial charge in [0.15, 0.2) is 0 Å². The second-order valence-corrected chi connectivity index (χ2v) is 4.80. The average Bonchev–Trinajstić information content (AvgIpc) is 1.99. The molecule has 0 heterocycles. The molecule has 0 amide bonds. The van der Waals surface area contributed by atoms with Gasteiger partial charge in [-0.3, -0.25) is 0 Å². The van der Waals surface area contributed by atoms with Crippen molar-refractivity contribution >= 4 is 10.0 Å². The third-order valence-electron chi connectivity index (χ3n) is 1.61. The van der Waals surface area contributed by atoms with Crippen LogP contribution >= 0.6 is 0 Å². The topological polar surface area (TPSA) is 72.2 Å². The minimum Gasteiger partial charge on any atom is -0.326 e. The Bertz CT molecular complexity index is 241. The molecule has 0 rings (SSSR count). The fraction of sp³-hybridized carbons (Fsp3) is 1.00. The summed E-state index contributed by atoms with van der Waals surface area (Å²) in [7, 11) is -4.49. The summed E-state index contributed by atoms with van der Waals surface area (Å²) < 4.78 is 46.4. The zero-order valence-corrected chi connectivity index (χ0v) is 8.31. The van der Waals surface area contributed by atoms with E-state index in [2.05, 4.69) is 0 Å². The van der Waals surface area contributed by atoms with Crippen molar-refractivity contribution in [2.45, 2.75) is 25.6 Å². The zero-order chi connectivity index (χ0) is 10.6. The monoisotopic (exact) mass is 216 g/mol. The quantitative estimate of drug-likeness (QED) is 0.685. The van der Waals surface area contributed by atoms with Crippen molar-refractivity contribution in [3.8, 4) is 0 Å². The molecule has 0 spiro atoms. The number of nitrogens with one attached hydrogen (secondary N) is 1. The summed E-state index contributed by atoms with van der Waals surface area (Å²) in [5.41, 5.74) is 5.45. The number of sulfonamides is 1.